The Labute approximate surface area is 329 Å². The zero-order valence-electron chi connectivity index (χ0n) is 32.2. The lowest BCUT2D eigenvalue weighted by Gasteiger charge is -2.38. The number of halogens is 4. The van der Waals surface area contributed by atoms with E-state index in [4.69, 9.17) is 18.9 Å². The quantitative estimate of drug-likeness (QED) is 0.0990. The molecule has 13 heteroatoms. The van der Waals surface area contributed by atoms with Gasteiger partial charge in [-0.05, 0) is 128 Å². The highest BCUT2D eigenvalue weighted by atomic mass is 19.3. The molecule has 0 spiro atoms. The molecule has 57 heavy (non-hydrogen) atoms. The minimum Gasteiger partial charge on any atom is -0.497 e. The van der Waals surface area contributed by atoms with Gasteiger partial charge in [-0.15, -0.1) is 0 Å². The summed E-state index contributed by atoms with van der Waals surface area (Å²) in [4.78, 5) is 23.5. The number of aliphatic hydroxyl groups is 1. The first-order valence-electron chi connectivity index (χ1n) is 18.6. The summed E-state index contributed by atoms with van der Waals surface area (Å²) in [6.07, 6.45) is 3.06. The summed E-state index contributed by atoms with van der Waals surface area (Å²) in [6.45, 7) is 3.32. The van der Waals surface area contributed by atoms with Crippen LogP contribution in [0.4, 0.5) is 17.6 Å². The van der Waals surface area contributed by atoms with Crippen molar-refractivity contribution < 1.29 is 60.7 Å². The maximum atomic E-state index is 14.7. The summed E-state index contributed by atoms with van der Waals surface area (Å²) in [5.74, 6) is -8.34. The van der Waals surface area contributed by atoms with Gasteiger partial charge in [0.25, 0.3) is 0 Å². The lowest BCUT2D eigenvalue weighted by atomic mass is 9.75. The Bertz CT molecular complexity index is 2030. The van der Waals surface area contributed by atoms with Crippen LogP contribution in [0.2, 0.25) is 0 Å². The number of fused-ring (bicyclic) bond motifs is 2. The van der Waals surface area contributed by atoms with Crippen molar-refractivity contribution in [3.63, 3.8) is 0 Å². The SMILES string of the molecule is CCOC(=O)C(F)(F)C1(O)CCCc2cc(OCc3ccc(OC)cc3)ccc21.CCOC(=O)C(F)(F)C1=CCCc2cc(OCc3ccc(OC)cc3)ccc21. The Balaban J connectivity index is 0.000000218. The van der Waals surface area contributed by atoms with E-state index in [9.17, 15) is 32.3 Å². The second-order valence-electron chi connectivity index (χ2n) is 13.4. The van der Waals surface area contributed by atoms with Crippen LogP contribution in [0.3, 0.4) is 0 Å². The molecule has 0 radical (unpaired) electrons. The fourth-order valence-corrected chi connectivity index (χ4v) is 6.67. The number of esters is 2. The van der Waals surface area contributed by atoms with Crippen molar-refractivity contribution >= 4 is 17.5 Å². The molecule has 2 aliphatic rings. The molecule has 0 saturated heterocycles. The highest BCUT2D eigenvalue weighted by Gasteiger charge is 2.61. The smallest absolute Gasteiger partial charge is 0.381 e. The molecule has 0 bridgehead atoms. The normalized spacial score (nSPS) is 16.1. The van der Waals surface area contributed by atoms with Gasteiger partial charge in [0.15, 0.2) is 5.60 Å². The fourth-order valence-electron chi connectivity index (χ4n) is 6.67. The summed E-state index contributed by atoms with van der Waals surface area (Å²) in [5, 5.41) is 10.8. The van der Waals surface area contributed by atoms with Gasteiger partial charge in [0.05, 0.1) is 27.4 Å². The number of benzene rings is 4. The average molecular weight is 795 g/mol. The Morgan fingerprint density at radius 3 is 1.74 bits per heavy atom. The van der Waals surface area contributed by atoms with Crippen molar-refractivity contribution in [1.82, 2.24) is 0 Å². The van der Waals surface area contributed by atoms with Crippen LogP contribution < -0.4 is 18.9 Å². The Hall–Kier alpha value is -5.56. The second kappa shape index (κ2) is 18.6. The van der Waals surface area contributed by atoms with Crippen LogP contribution in [0.25, 0.3) is 5.57 Å². The Kier molecular flexibility index (Phi) is 13.9. The van der Waals surface area contributed by atoms with Crippen LogP contribution in [0.5, 0.6) is 23.0 Å². The zero-order chi connectivity index (χ0) is 41.2. The first-order valence-corrected chi connectivity index (χ1v) is 18.6. The number of hydrogen-bond donors (Lipinski definition) is 1. The maximum Gasteiger partial charge on any atom is 0.381 e. The van der Waals surface area contributed by atoms with Crippen LogP contribution in [-0.4, -0.2) is 56.3 Å². The van der Waals surface area contributed by atoms with Crippen molar-refractivity contribution in [3.8, 4) is 23.0 Å². The Morgan fingerprint density at radius 1 is 0.684 bits per heavy atom. The molecule has 6 rings (SSSR count). The second-order valence-corrected chi connectivity index (χ2v) is 13.4. The minimum atomic E-state index is -4.04. The van der Waals surface area contributed by atoms with Gasteiger partial charge in [0.2, 0.25) is 0 Å². The van der Waals surface area contributed by atoms with E-state index in [-0.39, 0.29) is 30.8 Å². The number of carbonyl (C=O) groups excluding carboxylic acids is 2. The van der Waals surface area contributed by atoms with E-state index in [1.807, 2.05) is 48.5 Å². The van der Waals surface area contributed by atoms with Crippen molar-refractivity contribution in [2.24, 2.45) is 0 Å². The zero-order valence-corrected chi connectivity index (χ0v) is 32.2. The van der Waals surface area contributed by atoms with E-state index in [1.54, 1.807) is 38.5 Å². The van der Waals surface area contributed by atoms with Crippen molar-refractivity contribution in [2.75, 3.05) is 27.4 Å². The Morgan fingerprint density at radius 2 is 1.19 bits per heavy atom. The summed E-state index contributed by atoms with van der Waals surface area (Å²) < 4.78 is 89.3. The van der Waals surface area contributed by atoms with Gasteiger partial charge >= 0.3 is 23.8 Å². The molecule has 4 aromatic rings. The molecule has 304 valence electrons. The average Bonchev–Trinajstić information content (AvgIpc) is 3.22. The largest absolute Gasteiger partial charge is 0.497 e. The lowest BCUT2D eigenvalue weighted by Crippen LogP contribution is -2.53. The van der Waals surface area contributed by atoms with Crippen LogP contribution >= 0.6 is 0 Å². The van der Waals surface area contributed by atoms with Crippen LogP contribution in [0.1, 0.15) is 66.5 Å². The van der Waals surface area contributed by atoms with Crippen LogP contribution in [-0.2, 0) is 50.7 Å². The standard InChI is InChI=1S/C22H24F2O5.C22H22F2O4/c1-3-28-20(25)22(23,24)21(26)12-4-5-16-13-18(10-11-19(16)21)29-14-15-6-8-17(27-2)9-7-15;1-3-27-21(25)22(23,24)20-6-4-5-16-13-18(11-12-19(16)20)28-14-15-7-9-17(26-2)10-8-15/h6-11,13,26H,3-5,12,14H2,1-2H3;6-13H,3-5,14H2,1-2H3. The van der Waals surface area contributed by atoms with Crippen molar-refractivity contribution in [2.45, 2.75) is 76.6 Å². The number of aryl methyl sites for hydroxylation is 2. The molecule has 9 nitrogen and oxygen atoms in total. The number of allylic oxidation sites excluding steroid dienone is 1. The fraction of sp³-hybridized carbons (Fsp3) is 0.364. The molecule has 0 amide bonds. The summed E-state index contributed by atoms with van der Waals surface area (Å²) in [6, 6.07) is 24.4. The van der Waals surface area contributed by atoms with Crippen molar-refractivity contribution in [1.29, 1.82) is 0 Å². The van der Waals surface area contributed by atoms with Gasteiger partial charge in [-0.1, -0.05) is 42.5 Å². The van der Waals surface area contributed by atoms with E-state index in [1.165, 1.54) is 32.1 Å². The van der Waals surface area contributed by atoms with Crippen molar-refractivity contribution in [3.05, 3.63) is 124 Å². The number of carbonyl (C=O) groups is 2. The predicted octanol–water partition coefficient (Wildman–Crippen LogP) is 8.80. The van der Waals surface area contributed by atoms with E-state index in [0.29, 0.717) is 61.5 Å². The number of rotatable bonds is 14. The third-order valence-electron chi connectivity index (χ3n) is 9.69. The van der Waals surface area contributed by atoms with E-state index in [0.717, 1.165) is 28.2 Å². The van der Waals surface area contributed by atoms with Gasteiger partial charge in [-0.25, -0.2) is 9.59 Å². The molecule has 1 unspecified atom stereocenters. The molecule has 0 heterocycles. The molecular weight excluding hydrogens is 748 g/mol. The monoisotopic (exact) mass is 794 g/mol. The molecule has 1 atom stereocenters. The molecule has 4 aromatic carbocycles. The van der Waals surface area contributed by atoms with E-state index >= 15 is 0 Å². The summed E-state index contributed by atoms with van der Waals surface area (Å²) in [7, 11) is 3.19. The molecule has 1 N–H and O–H groups in total. The molecular formula is C44H46F4O9. The molecule has 0 fully saturated rings. The number of alkyl halides is 4. The van der Waals surface area contributed by atoms with E-state index in [2.05, 4.69) is 9.47 Å². The van der Waals surface area contributed by atoms with E-state index < -0.39 is 29.4 Å². The maximum absolute atomic E-state index is 14.7. The number of ether oxygens (including phenoxy) is 6. The number of methoxy groups -OCH3 is 2. The summed E-state index contributed by atoms with van der Waals surface area (Å²) in [5.41, 5.74) is 0.667. The molecule has 0 aliphatic heterocycles. The van der Waals surface area contributed by atoms with Crippen LogP contribution in [0.15, 0.2) is 91.0 Å². The minimum absolute atomic E-state index is 0.0404. The third kappa shape index (κ3) is 9.70. The molecule has 0 aromatic heterocycles. The number of hydrogen-bond acceptors (Lipinski definition) is 9. The predicted molar refractivity (Wildman–Crippen MR) is 204 cm³/mol. The molecule has 0 saturated carbocycles. The van der Waals surface area contributed by atoms with Gasteiger partial charge in [-0.2, -0.15) is 17.6 Å². The third-order valence-corrected chi connectivity index (χ3v) is 9.69. The van der Waals surface area contributed by atoms with Gasteiger partial charge in [-0.3, -0.25) is 0 Å². The highest BCUT2D eigenvalue weighted by molar-refractivity contribution is 5.95. The molecule has 2 aliphatic carbocycles. The summed E-state index contributed by atoms with van der Waals surface area (Å²) >= 11 is 0. The topological polar surface area (TPSA) is 110 Å². The first-order chi connectivity index (χ1) is 27.3. The van der Waals surface area contributed by atoms with Gasteiger partial charge in [0.1, 0.15) is 36.2 Å². The lowest BCUT2D eigenvalue weighted by molar-refractivity contribution is -0.220. The van der Waals surface area contributed by atoms with Gasteiger partial charge in [0, 0.05) is 5.57 Å². The van der Waals surface area contributed by atoms with Crippen LogP contribution in [0, 0.1) is 0 Å². The van der Waals surface area contributed by atoms with Gasteiger partial charge < -0.3 is 33.5 Å². The first kappa shape index (κ1) is 42.6. The highest BCUT2D eigenvalue weighted by Crippen LogP contribution is 2.47.